The summed E-state index contributed by atoms with van der Waals surface area (Å²) in [6, 6.07) is 7.49. The summed E-state index contributed by atoms with van der Waals surface area (Å²) in [6.45, 7) is 0.358. The van der Waals surface area contributed by atoms with Crippen molar-refractivity contribution >= 4 is 17.7 Å². The number of rotatable bonds is 2. The van der Waals surface area contributed by atoms with Crippen LogP contribution in [0.5, 0.6) is 0 Å². The molecule has 0 aliphatic carbocycles. The number of nitrogens with zero attached hydrogens (tertiary/aromatic N) is 2. The Morgan fingerprint density at radius 3 is 2.83 bits per heavy atom. The van der Waals surface area contributed by atoms with Gasteiger partial charge in [0, 0.05) is 19.3 Å². The third kappa shape index (κ3) is 2.45. The fourth-order valence-electron chi connectivity index (χ4n) is 2.21. The monoisotopic (exact) mass is 248 g/mol. The second-order valence-electron chi connectivity index (χ2n) is 4.42. The number of carboxylic acid groups (broad SMARTS) is 1. The number of fused-ring (bicyclic) bond motifs is 1. The van der Waals surface area contributed by atoms with Crippen LogP contribution in [0.2, 0.25) is 0 Å². The topological polar surface area (TPSA) is 60.9 Å². The molecule has 0 saturated carbocycles. The lowest BCUT2D eigenvalue weighted by atomic mass is 10.0. The fourth-order valence-corrected chi connectivity index (χ4v) is 2.21. The molecule has 1 aromatic rings. The standard InChI is InChI=1S/C13H16N2O3/c1-14(9-12(16)17)13(18)15-8-4-6-10-5-2-3-7-11(10)15/h2-3,5,7H,4,6,8-9H2,1H3,(H,16,17). The average molecular weight is 248 g/mol. The van der Waals surface area contributed by atoms with Crippen LogP contribution in [0.3, 0.4) is 0 Å². The third-order valence-electron chi connectivity index (χ3n) is 3.04. The lowest BCUT2D eigenvalue weighted by Crippen LogP contribution is -2.45. The third-order valence-corrected chi connectivity index (χ3v) is 3.04. The maximum absolute atomic E-state index is 12.2. The molecule has 5 heteroatoms. The highest BCUT2D eigenvalue weighted by Crippen LogP contribution is 2.27. The lowest BCUT2D eigenvalue weighted by Gasteiger charge is -2.32. The van der Waals surface area contributed by atoms with Gasteiger partial charge in [-0.15, -0.1) is 0 Å². The van der Waals surface area contributed by atoms with E-state index in [2.05, 4.69) is 0 Å². The van der Waals surface area contributed by atoms with Gasteiger partial charge in [0.15, 0.2) is 0 Å². The number of likely N-dealkylation sites (N-methyl/N-ethyl adjacent to an activating group) is 1. The number of amides is 2. The molecular formula is C13H16N2O3. The minimum atomic E-state index is -1.00. The molecule has 0 aromatic heterocycles. The predicted octanol–water partition coefficient (Wildman–Crippen LogP) is 1.58. The van der Waals surface area contributed by atoms with Crippen molar-refractivity contribution in [3.63, 3.8) is 0 Å². The van der Waals surface area contributed by atoms with Gasteiger partial charge in [-0.25, -0.2) is 4.79 Å². The van der Waals surface area contributed by atoms with Crippen molar-refractivity contribution in [2.45, 2.75) is 12.8 Å². The molecule has 1 aliphatic heterocycles. The fraction of sp³-hybridized carbons (Fsp3) is 0.385. The molecule has 18 heavy (non-hydrogen) atoms. The molecule has 1 heterocycles. The number of anilines is 1. The Bertz CT molecular complexity index is 473. The summed E-state index contributed by atoms with van der Waals surface area (Å²) >= 11 is 0. The summed E-state index contributed by atoms with van der Waals surface area (Å²) in [7, 11) is 1.51. The van der Waals surface area contributed by atoms with Crippen LogP contribution in [-0.4, -0.2) is 42.1 Å². The SMILES string of the molecule is CN(CC(=O)O)C(=O)N1CCCc2ccccc21. The largest absolute Gasteiger partial charge is 0.480 e. The van der Waals surface area contributed by atoms with Gasteiger partial charge >= 0.3 is 12.0 Å². The number of carbonyl (C=O) groups is 2. The molecule has 0 spiro atoms. The van der Waals surface area contributed by atoms with E-state index in [1.54, 1.807) is 4.90 Å². The molecule has 0 atom stereocenters. The predicted molar refractivity (Wildman–Crippen MR) is 67.8 cm³/mol. The van der Waals surface area contributed by atoms with E-state index in [0.717, 1.165) is 24.1 Å². The first-order chi connectivity index (χ1) is 8.59. The highest BCUT2D eigenvalue weighted by atomic mass is 16.4. The van der Waals surface area contributed by atoms with Crippen LogP contribution >= 0.6 is 0 Å². The zero-order valence-electron chi connectivity index (χ0n) is 10.3. The molecule has 96 valence electrons. The van der Waals surface area contributed by atoms with E-state index in [1.807, 2.05) is 24.3 Å². The van der Waals surface area contributed by atoms with Crippen LogP contribution in [-0.2, 0) is 11.2 Å². The first-order valence-corrected chi connectivity index (χ1v) is 5.92. The second kappa shape index (κ2) is 5.08. The van der Waals surface area contributed by atoms with Crippen molar-refractivity contribution in [3.05, 3.63) is 29.8 Å². The van der Waals surface area contributed by atoms with E-state index in [-0.39, 0.29) is 12.6 Å². The van der Waals surface area contributed by atoms with Crippen LogP contribution in [0, 0.1) is 0 Å². The van der Waals surface area contributed by atoms with E-state index >= 15 is 0 Å². The molecule has 5 nitrogen and oxygen atoms in total. The van der Waals surface area contributed by atoms with Crippen LogP contribution < -0.4 is 4.90 Å². The number of benzene rings is 1. The average Bonchev–Trinajstić information content (AvgIpc) is 2.36. The summed E-state index contributed by atoms with van der Waals surface area (Å²) in [5.74, 6) is -1.00. The first-order valence-electron chi connectivity index (χ1n) is 5.92. The molecule has 0 fully saturated rings. The maximum atomic E-state index is 12.2. The number of hydrogen-bond acceptors (Lipinski definition) is 2. The zero-order chi connectivity index (χ0) is 13.1. The van der Waals surface area contributed by atoms with Crippen molar-refractivity contribution < 1.29 is 14.7 Å². The van der Waals surface area contributed by atoms with Crippen LogP contribution in [0.15, 0.2) is 24.3 Å². The zero-order valence-corrected chi connectivity index (χ0v) is 10.3. The number of aryl methyl sites for hydroxylation is 1. The summed E-state index contributed by atoms with van der Waals surface area (Å²) in [4.78, 5) is 25.7. The Hall–Kier alpha value is -2.04. The number of urea groups is 1. The van der Waals surface area contributed by atoms with Crippen molar-refractivity contribution in [3.8, 4) is 0 Å². The van der Waals surface area contributed by atoms with Gasteiger partial charge in [0.1, 0.15) is 6.54 Å². The van der Waals surface area contributed by atoms with Crippen molar-refractivity contribution in [2.24, 2.45) is 0 Å². The number of carboxylic acids is 1. The minimum absolute atomic E-state index is 0.260. The van der Waals surface area contributed by atoms with Crippen molar-refractivity contribution in [2.75, 3.05) is 25.0 Å². The first kappa shape index (κ1) is 12.4. The number of para-hydroxylation sites is 1. The molecular weight excluding hydrogens is 232 g/mol. The van der Waals surface area contributed by atoms with Gasteiger partial charge in [-0.2, -0.15) is 0 Å². The maximum Gasteiger partial charge on any atom is 0.324 e. The van der Waals surface area contributed by atoms with E-state index in [1.165, 1.54) is 11.9 Å². The van der Waals surface area contributed by atoms with Gasteiger partial charge in [0.25, 0.3) is 0 Å². The number of carbonyl (C=O) groups excluding carboxylic acids is 1. The molecule has 0 radical (unpaired) electrons. The normalized spacial score (nSPS) is 13.9. The highest BCUT2D eigenvalue weighted by Gasteiger charge is 2.25. The summed E-state index contributed by atoms with van der Waals surface area (Å²) in [5.41, 5.74) is 2.03. The molecule has 0 bridgehead atoms. The number of hydrogen-bond donors (Lipinski definition) is 1. The van der Waals surface area contributed by atoms with Gasteiger partial charge in [-0.3, -0.25) is 9.69 Å². The smallest absolute Gasteiger partial charge is 0.324 e. The van der Waals surface area contributed by atoms with Crippen LogP contribution in [0.4, 0.5) is 10.5 Å². The van der Waals surface area contributed by atoms with Crippen LogP contribution in [0.25, 0.3) is 0 Å². The second-order valence-corrected chi connectivity index (χ2v) is 4.42. The van der Waals surface area contributed by atoms with Crippen LogP contribution in [0.1, 0.15) is 12.0 Å². The Morgan fingerprint density at radius 1 is 1.39 bits per heavy atom. The molecule has 0 saturated heterocycles. The van der Waals surface area contributed by atoms with Gasteiger partial charge in [0.05, 0.1) is 0 Å². The van der Waals surface area contributed by atoms with Crippen molar-refractivity contribution in [1.82, 2.24) is 4.90 Å². The quantitative estimate of drug-likeness (QED) is 0.864. The lowest BCUT2D eigenvalue weighted by molar-refractivity contribution is -0.137. The Balaban J connectivity index is 2.20. The van der Waals surface area contributed by atoms with Gasteiger partial charge in [0.2, 0.25) is 0 Å². The molecule has 1 N–H and O–H groups in total. The van der Waals surface area contributed by atoms with Gasteiger partial charge in [-0.05, 0) is 24.5 Å². The van der Waals surface area contributed by atoms with E-state index in [0.29, 0.717) is 6.54 Å². The van der Waals surface area contributed by atoms with E-state index in [4.69, 9.17) is 5.11 Å². The molecule has 2 rings (SSSR count). The Morgan fingerprint density at radius 2 is 2.11 bits per heavy atom. The van der Waals surface area contributed by atoms with Gasteiger partial charge < -0.3 is 10.0 Å². The molecule has 1 aliphatic rings. The van der Waals surface area contributed by atoms with Crippen molar-refractivity contribution in [1.29, 1.82) is 0 Å². The molecule has 2 amide bonds. The summed E-state index contributed by atoms with van der Waals surface area (Å²) in [6.07, 6.45) is 1.87. The highest BCUT2D eigenvalue weighted by molar-refractivity contribution is 5.94. The Kier molecular flexibility index (Phi) is 3.50. The van der Waals surface area contributed by atoms with Gasteiger partial charge in [-0.1, -0.05) is 18.2 Å². The molecule has 0 unspecified atom stereocenters. The molecule has 1 aromatic carbocycles. The number of aliphatic carboxylic acids is 1. The van der Waals surface area contributed by atoms with E-state index in [9.17, 15) is 9.59 Å². The Labute approximate surface area is 106 Å². The minimum Gasteiger partial charge on any atom is -0.480 e. The summed E-state index contributed by atoms with van der Waals surface area (Å²) < 4.78 is 0. The van der Waals surface area contributed by atoms with E-state index < -0.39 is 5.97 Å². The summed E-state index contributed by atoms with van der Waals surface area (Å²) in [5, 5.41) is 8.71.